The van der Waals surface area contributed by atoms with Gasteiger partial charge in [0, 0.05) is 89.1 Å². The quantitative estimate of drug-likeness (QED) is 0.603. The van der Waals surface area contributed by atoms with E-state index in [1.54, 1.807) is 0 Å². The first kappa shape index (κ1) is 21.9. The second-order valence-corrected chi connectivity index (χ2v) is 9.45. The zero-order valence-electron chi connectivity index (χ0n) is 19.7. The van der Waals surface area contributed by atoms with Crippen LogP contribution in [-0.4, -0.2) is 88.4 Å². The fraction of sp³-hybridized carbons (Fsp3) is 0.462. The zero-order valence-corrected chi connectivity index (χ0v) is 19.7. The summed E-state index contributed by atoms with van der Waals surface area (Å²) < 4.78 is 2.19. The molecule has 0 bridgehead atoms. The Hall–Kier alpha value is -2.90. The number of nitrogens with zero attached hydrogens (tertiary/aromatic N) is 6. The average molecular weight is 447 g/mol. The molecule has 0 aliphatic carbocycles. The van der Waals surface area contributed by atoms with Crippen LogP contribution in [0.15, 0.2) is 55.0 Å². The lowest BCUT2D eigenvalue weighted by Gasteiger charge is -2.37. The lowest BCUT2D eigenvalue weighted by Crippen LogP contribution is -2.50. The van der Waals surface area contributed by atoms with Crippen LogP contribution in [0.25, 0.3) is 5.52 Å². The molecule has 33 heavy (non-hydrogen) atoms. The summed E-state index contributed by atoms with van der Waals surface area (Å²) in [7, 11) is 0. The van der Waals surface area contributed by atoms with Crippen LogP contribution in [0.2, 0.25) is 0 Å². The summed E-state index contributed by atoms with van der Waals surface area (Å²) in [5.74, 6) is 1.31. The van der Waals surface area contributed by atoms with Crippen molar-refractivity contribution in [3.05, 3.63) is 66.1 Å². The van der Waals surface area contributed by atoms with E-state index in [4.69, 9.17) is 0 Å². The van der Waals surface area contributed by atoms with Crippen LogP contribution in [0.3, 0.4) is 0 Å². The number of hydrogen-bond donors (Lipinski definition) is 0. The van der Waals surface area contributed by atoms with Crippen molar-refractivity contribution in [1.29, 1.82) is 0 Å². The van der Waals surface area contributed by atoms with Crippen molar-refractivity contribution < 1.29 is 4.79 Å². The standard InChI is InChI=1S/C26H34N6O/c1-21(2)29-14-16-31(17-15-29)26(33)23-5-6-24-7-8-25(32(24)20-23)30-12-10-28(11-13-30)19-22-4-3-9-27-18-22/h3-9,18,20-21H,10-17,19H2,1-2H3. The summed E-state index contributed by atoms with van der Waals surface area (Å²) in [6.07, 6.45) is 5.81. The van der Waals surface area contributed by atoms with Gasteiger partial charge < -0.3 is 14.2 Å². The van der Waals surface area contributed by atoms with Crippen molar-refractivity contribution in [2.24, 2.45) is 0 Å². The van der Waals surface area contributed by atoms with Crippen LogP contribution in [0.5, 0.6) is 0 Å². The first-order valence-corrected chi connectivity index (χ1v) is 12.1. The number of aromatic nitrogens is 2. The average Bonchev–Trinajstić information content (AvgIpc) is 3.28. The van der Waals surface area contributed by atoms with E-state index < -0.39 is 0 Å². The molecule has 5 rings (SSSR count). The van der Waals surface area contributed by atoms with Gasteiger partial charge >= 0.3 is 0 Å². The number of rotatable bonds is 5. The highest BCUT2D eigenvalue weighted by molar-refractivity contribution is 5.94. The number of anilines is 1. The Bertz CT molecular complexity index is 1080. The van der Waals surface area contributed by atoms with Crippen LogP contribution < -0.4 is 4.90 Å². The summed E-state index contributed by atoms with van der Waals surface area (Å²) in [6.45, 7) is 12.9. The number of carbonyl (C=O) groups is 1. The van der Waals surface area contributed by atoms with Gasteiger partial charge in [-0.05, 0) is 49.7 Å². The zero-order chi connectivity index (χ0) is 22.8. The van der Waals surface area contributed by atoms with Crippen LogP contribution >= 0.6 is 0 Å². The molecule has 0 aromatic carbocycles. The van der Waals surface area contributed by atoms with E-state index in [1.807, 2.05) is 35.6 Å². The summed E-state index contributed by atoms with van der Waals surface area (Å²) in [6, 6.07) is 13.0. The minimum Gasteiger partial charge on any atom is -0.355 e. The molecule has 2 fully saturated rings. The Labute approximate surface area is 196 Å². The van der Waals surface area contributed by atoms with Gasteiger partial charge in [-0.3, -0.25) is 19.6 Å². The first-order chi connectivity index (χ1) is 16.1. The second-order valence-electron chi connectivity index (χ2n) is 9.45. The van der Waals surface area contributed by atoms with Gasteiger partial charge in [0.25, 0.3) is 5.91 Å². The molecule has 1 amide bonds. The van der Waals surface area contributed by atoms with E-state index in [1.165, 1.54) is 11.4 Å². The molecule has 0 unspecified atom stereocenters. The van der Waals surface area contributed by atoms with Gasteiger partial charge in [-0.2, -0.15) is 0 Å². The molecular weight excluding hydrogens is 412 g/mol. The maximum Gasteiger partial charge on any atom is 0.255 e. The Morgan fingerprint density at radius 3 is 2.39 bits per heavy atom. The minimum absolute atomic E-state index is 0.140. The smallest absolute Gasteiger partial charge is 0.255 e. The fourth-order valence-corrected chi connectivity index (χ4v) is 4.98. The topological polar surface area (TPSA) is 47.3 Å². The first-order valence-electron chi connectivity index (χ1n) is 12.1. The Balaban J connectivity index is 1.26. The maximum atomic E-state index is 13.2. The molecule has 0 atom stereocenters. The van der Waals surface area contributed by atoms with E-state index in [2.05, 4.69) is 62.2 Å². The fourth-order valence-electron chi connectivity index (χ4n) is 4.98. The molecule has 7 heteroatoms. The predicted molar refractivity (Wildman–Crippen MR) is 132 cm³/mol. The van der Waals surface area contributed by atoms with Gasteiger partial charge in [0.05, 0.1) is 5.56 Å². The van der Waals surface area contributed by atoms with Crippen molar-refractivity contribution in [2.45, 2.75) is 26.4 Å². The van der Waals surface area contributed by atoms with Crippen molar-refractivity contribution in [3.63, 3.8) is 0 Å². The second kappa shape index (κ2) is 9.53. The number of pyridine rings is 2. The van der Waals surface area contributed by atoms with E-state index in [-0.39, 0.29) is 5.91 Å². The molecule has 3 aromatic rings. The van der Waals surface area contributed by atoms with Crippen molar-refractivity contribution in [3.8, 4) is 0 Å². The summed E-state index contributed by atoms with van der Waals surface area (Å²) in [5, 5.41) is 0. The van der Waals surface area contributed by atoms with Crippen molar-refractivity contribution in [1.82, 2.24) is 24.1 Å². The van der Waals surface area contributed by atoms with Gasteiger partial charge in [-0.1, -0.05) is 6.07 Å². The third kappa shape index (κ3) is 4.75. The molecule has 2 saturated heterocycles. The Kier molecular flexibility index (Phi) is 6.33. The highest BCUT2D eigenvalue weighted by atomic mass is 16.2. The SMILES string of the molecule is CC(C)N1CCN(C(=O)c2ccc3ccc(N4CCN(Cc5cccnc5)CC4)n3c2)CC1. The molecule has 3 aromatic heterocycles. The number of fused-ring (bicyclic) bond motifs is 1. The van der Waals surface area contributed by atoms with Crippen LogP contribution in [0.4, 0.5) is 5.82 Å². The lowest BCUT2D eigenvalue weighted by molar-refractivity contribution is 0.0595. The normalized spacial score (nSPS) is 18.4. The number of piperazine rings is 2. The minimum atomic E-state index is 0.140. The van der Waals surface area contributed by atoms with E-state index in [0.29, 0.717) is 6.04 Å². The molecule has 2 aliphatic heterocycles. The number of carbonyl (C=O) groups excluding carboxylic acids is 1. The molecule has 174 valence electrons. The highest BCUT2D eigenvalue weighted by Crippen LogP contribution is 2.23. The molecule has 0 spiro atoms. The van der Waals surface area contributed by atoms with Gasteiger partial charge in [-0.15, -0.1) is 0 Å². The molecular formula is C26H34N6O. The van der Waals surface area contributed by atoms with Gasteiger partial charge in [0.15, 0.2) is 0 Å². The lowest BCUT2D eigenvalue weighted by atomic mass is 10.2. The third-order valence-electron chi connectivity index (χ3n) is 7.03. The summed E-state index contributed by atoms with van der Waals surface area (Å²) in [4.78, 5) is 26.8. The van der Waals surface area contributed by atoms with Crippen LogP contribution in [-0.2, 0) is 6.54 Å². The van der Waals surface area contributed by atoms with E-state index >= 15 is 0 Å². The largest absolute Gasteiger partial charge is 0.355 e. The summed E-state index contributed by atoms with van der Waals surface area (Å²) in [5.41, 5.74) is 3.16. The molecule has 0 radical (unpaired) electrons. The molecule has 0 N–H and O–H groups in total. The van der Waals surface area contributed by atoms with Crippen LogP contribution in [0.1, 0.15) is 29.8 Å². The predicted octanol–water partition coefficient (Wildman–Crippen LogP) is 2.82. The van der Waals surface area contributed by atoms with Gasteiger partial charge in [0.1, 0.15) is 5.82 Å². The maximum absolute atomic E-state index is 13.2. The molecule has 7 nitrogen and oxygen atoms in total. The van der Waals surface area contributed by atoms with E-state index in [9.17, 15) is 4.79 Å². The van der Waals surface area contributed by atoms with Crippen molar-refractivity contribution >= 4 is 17.2 Å². The molecule has 5 heterocycles. The van der Waals surface area contributed by atoms with Crippen LogP contribution in [0, 0.1) is 0 Å². The van der Waals surface area contributed by atoms with Gasteiger partial charge in [-0.25, -0.2) is 0 Å². The van der Waals surface area contributed by atoms with Gasteiger partial charge in [0.2, 0.25) is 0 Å². The molecule has 2 aliphatic rings. The third-order valence-corrected chi connectivity index (χ3v) is 7.03. The molecule has 0 saturated carbocycles. The van der Waals surface area contributed by atoms with E-state index in [0.717, 1.165) is 70.0 Å². The van der Waals surface area contributed by atoms with Crippen molar-refractivity contribution in [2.75, 3.05) is 57.3 Å². The Morgan fingerprint density at radius 2 is 1.70 bits per heavy atom. The number of hydrogen-bond acceptors (Lipinski definition) is 5. The summed E-state index contributed by atoms with van der Waals surface area (Å²) >= 11 is 0. The monoisotopic (exact) mass is 446 g/mol. The number of amides is 1. The highest BCUT2D eigenvalue weighted by Gasteiger charge is 2.24. The Morgan fingerprint density at radius 1 is 0.939 bits per heavy atom.